The largest absolute Gasteiger partial charge is 0.332 e. The van der Waals surface area contributed by atoms with E-state index in [-0.39, 0.29) is 6.04 Å². The summed E-state index contributed by atoms with van der Waals surface area (Å²) in [5.74, 6) is -3.08. The summed E-state index contributed by atoms with van der Waals surface area (Å²) in [6.07, 6.45) is 2.53. The molecule has 0 unspecified atom stereocenters. The smallest absolute Gasteiger partial charge is 0.317 e. The van der Waals surface area contributed by atoms with Gasteiger partial charge in [0.05, 0.1) is 30.8 Å². The highest BCUT2D eigenvalue weighted by atomic mass is 19.3. The number of halogens is 2. The summed E-state index contributed by atoms with van der Waals surface area (Å²) in [5.41, 5.74) is 5.97. The summed E-state index contributed by atoms with van der Waals surface area (Å²) in [4.78, 5) is 13.5. The molecule has 0 spiro atoms. The van der Waals surface area contributed by atoms with Crippen LogP contribution in [0.2, 0.25) is 0 Å². The number of aromatic nitrogens is 2. The minimum absolute atomic E-state index is 0.0515. The second-order valence-corrected chi connectivity index (χ2v) is 5.76. The maximum absolute atomic E-state index is 13.1. The molecule has 1 aliphatic rings. The summed E-state index contributed by atoms with van der Waals surface area (Å²) in [6, 6.07) is 7.41. The van der Waals surface area contributed by atoms with Crippen molar-refractivity contribution in [3.05, 3.63) is 30.5 Å². The van der Waals surface area contributed by atoms with E-state index in [9.17, 15) is 13.6 Å². The van der Waals surface area contributed by atoms with Crippen molar-refractivity contribution >= 4 is 16.9 Å². The van der Waals surface area contributed by atoms with Crippen LogP contribution in [0.4, 0.5) is 13.6 Å². The molecule has 1 aliphatic heterocycles. The Morgan fingerprint density at radius 1 is 1.43 bits per heavy atom. The number of urea groups is 1. The zero-order valence-corrected chi connectivity index (χ0v) is 12.6. The molecule has 23 heavy (non-hydrogen) atoms. The van der Waals surface area contributed by atoms with Crippen molar-refractivity contribution in [2.24, 2.45) is 5.73 Å². The van der Waals surface area contributed by atoms with Crippen LogP contribution in [0.1, 0.15) is 12.5 Å². The molecule has 1 atom stereocenters. The lowest BCUT2D eigenvalue weighted by atomic mass is 10.2. The summed E-state index contributed by atoms with van der Waals surface area (Å²) in [6.45, 7) is -0.562. The molecule has 2 aromatic rings. The van der Waals surface area contributed by atoms with E-state index in [0.717, 1.165) is 17.3 Å². The Morgan fingerprint density at radius 2 is 2.22 bits per heavy atom. The monoisotopic (exact) mass is 323 g/mol. The van der Waals surface area contributed by atoms with Gasteiger partial charge in [0.15, 0.2) is 0 Å². The number of nitrogens with two attached hydrogens (primary N) is 1. The van der Waals surface area contributed by atoms with Crippen molar-refractivity contribution in [2.75, 3.05) is 26.2 Å². The highest BCUT2D eigenvalue weighted by Gasteiger charge is 2.32. The lowest BCUT2D eigenvalue weighted by Crippen LogP contribution is -2.46. The normalized spacial score (nSPS) is 18.6. The van der Waals surface area contributed by atoms with Crippen LogP contribution in [0.25, 0.3) is 10.9 Å². The van der Waals surface area contributed by atoms with E-state index in [4.69, 9.17) is 5.73 Å². The van der Waals surface area contributed by atoms with Crippen LogP contribution in [0.3, 0.4) is 0 Å². The number of fused-ring (bicyclic) bond motifs is 1. The van der Waals surface area contributed by atoms with Crippen LogP contribution in [-0.4, -0.2) is 52.8 Å². The van der Waals surface area contributed by atoms with Gasteiger partial charge in [0.25, 0.3) is 5.92 Å². The fourth-order valence-electron chi connectivity index (χ4n) is 2.80. The van der Waals surface area contributed by atoms with Crippen LogP contribution in [-0.2, 0) is 0 Å². The highest BCUT2D eigenvalue weighted by Crippen LogP contribution is 2.25. The highest BCUT2D eigenvalue weighted by molar-refractivity contribution is 5.78. The molecule has 0 aliphatic carbocycles. The summed E-state index contributed by atoms with van der Waals surface area (Å²) in [7, 11) is 0. The Balaban J connectivity index is 1.63. The van der Waals surface area contributed by atoms with Crippen molar-refractivity contribution in [1.29, 1.82) is 0 Å². The molecule has 1 saturated heterocycles. The Hall–Kier alpha value is -2.22. The standard InChI is InChI=1S/C15H19F2N5O/c16-15(17,9-18)10-19-14(23)21-6-5-12(8-21)22-13-4-2-1-3-11(13)7-20-22/h1-4,7,12H,5-6,8-10,18H2,(H,19,23)/t12-/m0/s1. The lowest BCUT2D eigenvalue weighted by molar-refractivity contribution is 0.0133. The maximum atomic E-state index is 13.1. The number of amides is 2. The first kappa shape index (κ1) is 15.7. The number of hydrogen-bond acceptors (Lipinski definition) is 3. The molecule has 1 fully saturated rings. The lowest BCUT2D eigenvalue weighted by Gasteiger charge is -2.20. The fourth-order valence-corrected chi connectivity index (χ4v) is 2.80. The predicted octanol–water partition coefficient (Wildman–Crippen LogP) is 1.59. The van der Waals surface area contributed by atoms with Crippen LogP contribution in [0.15, 0.2) is 30.5 Å². The molecule has 3 rings (SSSR count). The summed E-state index contributed by atoms with van der Waals surface area (Å²) >= 11 is 0. The number of likely N-dealkylation sites (tertiary alicyclic amines) is 1. The van der Waals surface area contributed by atoms with Gasteiger partial charge in [-0.15, -0.1) is 0 Å². The average Bonchev–Trinajstić information content (AvgIpc) is 3.19. The van der Waals surface area contributed by atoms with E-state index in [1.807, 2.05) is 28.9 Å². The Kier molecular flexibility index (Phi) is 4.16. The van der Waals surface area contributed by atoms with Crippen molar-refractivity contribution in [3.8, 4) is 0 Å². The molecule has 0 bridgehead atoms. The van der Waals surface area contributed by atoms with Gasteiger partial charge in [-0.1, -0.05) is 18.2 Å². The van der Waals surface area contributed by atoms with E-state index in [1.54, 1.807) is 6.20 Å². The molecule has 0 radical (unpaired) electrons. The van der Waals surface area contributed by atoms with Gasteiger partial charge in [-0.2, -0.15) is 5.10 Å². The fraction of sp³-hybridized carbons (Fsp3) is 0.467. The number of alkyl halides is 2. The average molecular weight is 323 g/mol. The zero-order chi connectivity index (χ0) is 16.4. The van der Waals surface area contributed by atoms with Gasteiger partial charge >= 0.3 is 6.03 Å². The first-order chi connectivity index (χ1) is 11.0. The Morgan fingerprint density at radius 3 is 3.00 bits per heavy atom. The molecule has 2 heterocycles. The topological polar surface area (TPSA) is 76.2 Å². The van der Waals surface area contributed by atoms with Crippen LogP contribution < -0.4 is 11.1 Å². The number of benzene rings is 1. The predicted molar refractivity (Wildman–Crippen MR) is 82.4 cm³/mol. The van der Waals surface area contributed by atoms with Crippen molar-refractivity contribution < 1.29 is 13.6 Å². The van der Waals surface area contributed by atoms with Gasteiger partial charge in [0, 0.05) is 18.5 Å². The van der Waals surface area contributed by atoms with E-state index >= 15 is 0 Å². The van der Waals surface area contributed by atoms with Gasteiger partial charge in [-0.3, -0.25) is 4.68 Å². The van der Waals surface area contributed by atoms with E-state index in [1.165, 1.54) is 4.90 Å². The number of carbonyl (C=O) groups is 1. The maximum Gasteiger partial charge on any atom is 0.317 e. The number of rotatable bonds is 4. The van der Waals surface area contributed by atoms with Gasteiger partial charge in [0.1, 0.15) is 0 Å². The summed E-state index contributed by atoms with van der Waals surface area (Å²) < 4.78 is 28.1. The Labute approximate surface area is 132 Å². The third-order valence-electron chi connectivity index (χ3n) is 4.10. The van der Waals surface area contributed by atoms with Crippen molar-refractivity contribution in [1.82, 2.24) is 20.0 Å². The van der Waals surface area contributed by atoms with Gasteiger partial charge in [0.2, 0.25) is 0 Å². The number of para-hydroxylation sites is 1. The van der Waals surface area contributed by atoms with Crippen molar-refractivity contribution in [2.45, 2.75) is 18.4 Å². The summed E-state index contributed by atoms with van der Waals surface area (Å²) in [5, 5.41) is 7.68. The molecule has 1 aromatic carbocycles. The third kappa shape index (κ3) is 3.26. The number of carbonyl (C=O) groups excluding carboxylic acids is 1. The molecule has 0 saturated carbocycles. The second kappa shape index (κ2) is 6.11. The van der Waals surface area contributed by atoms with Crippen LogP contribution in [0, 0.1) is 0 Å². The molecule has 8 heteroatoms. The first-order valence-corrected chi connectivity index (χ1v) is 7.53. The first-order valence-electron chi connectivity index (χ1n) is 7.53. The van der Waals surface area contributed by atoms with Gasteiger partial charge < -0.3 is 16.0 Å². The molecule has 6 nitrogen and oxygen atoms in total. The number of nitrogens with one attached hydrogen (secondary N) is 1. The van der Waals surface area contributed by atoms with Crippen LogP contribution in [0.5, 0.6) is 0 Å². The molecule has 124 valence electrons. The SMILES string of the molecule is NCC(F)(F)CNC(=O)N1CC[C@H](n2ncc3ccccc32)C1. The second-order valence-electron chi connectivity index (χ2n) is 5.76. The van der Waals surface area contributed by atoms with Gasteiger partial charge in [-0.25, -0.2) is 13.6 Å². The number of nitrogens with zero attached hydrogens (tertiary/aromatic N) is 3. The van der Waals surface area contributed by atoms with E-state index < -0.39 is 25.0 Å². The quantitative estimate of drug-likeness (QED) is 0.897. The van der Waals surface area contributed by atoms with E-state index in [2.05, 4.69) is 10.4 Å². The van der Waals surface area contributed by atoms with Gasteiger partial charge in [-0.05, 0) is 12.5 Å². The zero-order valence-electron chi connectivity index (χ0n) is 12.6. The van der Waals surface area contributed by atoms with Crippen LogP contribution >= 0.6 is 0 Å². The third-order valence-corrected chi connectivity index (χ3v) is 4.10. The molecule has 2 amide bonds. The molecular weight excluding hydrogens is 304 g/mol. The van der Waals surface area contributed by atoms with E-state index in [0.29, 0.717) is 13.1 Å². The molecule has 1 aromatic heterocycles. The molecule has 3 N–H and O–H groups in total. The number of hydrogen-bond donors (Lipinski definition) is 2. The minimum Gasteiger partial charge on any atom is -0.332 e. The molecular formula is C15H19F2N5O. The van der Waals surface area contributed by atoms with Crippen molar-refractivity contribution in [3.63, 3.8) is 0 Å². The minimum atomic E-state index is -3.08. The Bertz CT molecular complexity index is 702.